The van der Waals surface area contributed by atoms with E-state index < -0.39 is 0 Å². The molecule has 2 rings (SSSR count). The highest BCUT2D eigenvalue weighted by atomic mass is 32.2. The fraction of sp³-hybridized carbons (Fsp3) is 1.00. The molecule has 70 valence electrons. The van der Waals surface area contributed by atoms with E-state index in [1.54, 1.807) is 0 Å². The molecule has 1 unspecified atom stereocenters. The van der Waals surface area contributed by atoms with Crippen LogP contribution in [-0.2, 0) is 0 Å². The predicted molar refractivity (Wildman–Crippen MR) is 55.4 cm³/mol. The molecule has 1 heterocycles. The van der Waals surface area contributed by atoms with E-state index in [1.165, 1.54) is 37.9 Å². The van der Waals surface area contributed by atoms with E-state index in [-0.39, 0.29) is 0 Å². The van der Waals surface area contributed by atoms with Crippen LogP contribution >= 0.6 is 11.8 Å². The average molecular weight is 185 g/mol. The van der Waals surface area contributed by atoms with E-state index >= 15 is 0 Å². The van der Waals surface area contributed by atoms with Gasteiger partial charge in [-0.1, -0.05) is 6.92 Å². The van der Waals surface area contributed by atoms with Gasteiger partial charge >= 0.3 is 0 Å². The van der Waals surface area contributed by atoms with Gasteiger partial charge in [0.05, 0.1) is 0 Å². The normalized spacial score (nSPS) is 48.5. The summed E-state index contributed by atoms with van der Waals surface area (Å²) in [6, 6.07) is 0.489. The zero-order chi connectivity index (χ0) is 8.60. The maximum atomic E-state index is 5.95. The molecule has 1 aliphatic heterocycles. The molecule has 0 radical (unpaired) electrons. The van der Waals surface area contributed by atoms with Crippen molar-refractivity contribution in [2.75, 3.05) is 5.75 Å². The lowest BCUT2D eigenvalue weighted by Crippen LogP contribution is -2.30. The lowest BCUT2D eigenvalue weighted by atomic mass is 9.80. The standard InChI is InChI=1S/C10H19NS/c1-8-2-4-10(5-3-8)6-9(11)7-12-10/h8-9H,2-7,11H2,1H3. The van der Waals surface area contributed by atoms with Gasteiger partial charge in [0.25, 0.3) is 0 Å². The van der Waals surface area contributed by atoms with E-state index in [0.29, 0.717) is 10.8 Å². The molecule has 2 N–H and O–H groups in total. The van der Waals surface area contributed by atoms with Gasteiger partial charge in [0.2, 0.25) is 0 Å². The quantitative estimate of drug-likeness (QED) is 0.627. The number of hydrogen-bond donors (Lipinski definition) is 1. The van der Waals surface area contributed by atoms with Crippen LogP contribution in [0.25, 0.3) is 0 Å². The Morgan fingerprint density at radius 1 is 1.33 bits per heavy atom. The highest BCUT2D eigenvalue weighted by Crippen LogP contribution is 2.48. The lowest BCUT2D eigenvalue weighted by Gasteiger charge is -2.35. The first kappa shape index (κ1) is 8.89. The van der Waals surface area contributed by atoms with E-state index in [4.69, 9.17) is 5.73 Å². The Morgan fingerprint density at radius 3 is 2.50 bits per heavy atom. The maximum Gasteiger partial charge on any atom is 0.0175 e. The highest BCUT2D eigenvalue weighted by Gasteiger charge is 2.40. The Balaban J connectivity index is 1.95. The Morgan fingerprint density at radius 2 is 2.00 bits per heavy atom. The Hall–Kier alpha value is 0.310. The zero-order valence-corrected chi connectivity index (χ0v) is 8.70. The fourth-order valence-corrected chi connectivity index (χ4v) is 4.06. The molecule has 1 spiro atoms. The molecule has 12 heavy (non-hydrogen) atoms. The van der Waals surface area contributed by atoms with Gasteiger partial charge in [-0.05, 0) is 38.0 Å². The van der Waals surface area contributed by atoms with Crippen molar-refractivity contribution in [1.82, 2.24) is 0 Å². The summed E-state index contributed by atoms with van der Waals surface area (Å²) in [5.41, 5.74) is 5.95. The van der Waals surface area contributed by atoms with Crippen molar-refractivity contribution in [2.24, 2.45) is 11.7 Å². The van der Waals surface area contributed by atoms with Crippen LogP contribution in [0, 0.1) is 5.92 Å². The van der Waals surface area contributed by atoms with Crippen LogP contribution in [0.5, 0.6) is 0 Å². The number of rotatable bonds is 0. The predicted octanol–water partition coefficient (Wildman–Crippen LogP) is 2.40. The third-order valence-electron chi connectivity index (χ3n) is 3.42. The summed E-state index contributed by atoms with van der Waals surface area (Å²) in [6.07, 6.45) is 6.99. The van der Waals surface area contributed by atoms with Gasteiger partial charge in [0.15, 0.2) is 0 Å². The molecule has 1 saturated carbocycles. The summed E-state index contributed by atoms with van der Waals surface area (Å²) >= 11 is 2.15. The Bertz CT molecular complexity index is 161. The second-order valence-electron chi connectivity index (χ2n) is 4.64. The number of nitrogens with two attached hydrogens (primary N) is 1. The monoisotopic (exact) mass is 185 g/mol. The van der Waals surface area contributed by atoms with Crippen molar-refractivity contribution in [3.8, 4) is 0 Å². The van der Waals surface area contributed by atoms with Gasteiger partial charge in [-0.15, -0.1) is 0 Å². The second-order valence-corrected chi connectivity index (χ2v) is 6.13. The summed E-state index contributed by atoms with van der Waals surface area (Å²) in [6.45, 7) is 2.38. The van der Waals surface area contributed by atoms with Gasteiger partial charge < -0.3 is 5.73 Å². The molecular weight excluding hydrogens is 166 g/mol. The highest BCUT2D eigenvalue weighted by molar-refractivity contribution is 8.01. The van der Waals surface area contributed by atoms with Crippen LogP contribution in [0.3, 0.4) is 0 Å². The van der Waals surface area contributed by atoms with Crippen LogP contribution in [0.2, 0.25) is 0 Å². The molecule has 0 amide bonds. The second kappa shape index (κ2) is 3.22. The molecule has 1 saturated heterocycles. The van der Waals surface area contributed by atoms with Gasteiger partial charge in [0.1, 0.15) is 0 Å². The minimum Gasteiger partial charge on any atom is -0.327 e. The molecular formula is C10H19NS. The van der Waals surface area contributed by atoms with E-state index in [1.807, 2.05) is 0 Å². The molecule has 0 aromatic heterocycles. The van der Waals surface area contributed by atoms with Crippen LogP contribution in [0.4, 0.5) is 0 Å². The topological polar surface area (TPSA) is 26.0 Å². The Kier molecular flexibility index (Phi) is 2.39. The summed E-state index contributed by atoms with van der Waals surface area (Å²) in [7, 11) is 0. The summed E-state index contributed by atoms with van der Waals surface area (Å²) < 4.78 is 0.617. The molecule has 1 nitrogen and oxygen atoms in total. The minimum absolute atomic E-state index is 0.489. The van der Waals surface area contributed by atoms with Crippen molar-refractivity contribution in [3.05, 3.63) is 0 Å². The van der Waals surface area contributed by atoms with Crippen molar-refractivity contribution >= 4 is 11.8 Å². The van der Waals surface area contributed by atoms with E-state index in [0.717, 1.165) is 5.92 Å². The van der Waals surface area contributed by atoms with Crippen LogP contribution < -0.4 is 5.73 Å². The Labute approximate surface area is 79.5 Å². The van der Waals surface area contributed by atoms with Crippen LogP contribution in [-0.4, -0.2) is 16.5 Å². The van der Waals surface area contributed by atoms with E-state index in [9.17, 15) is 0 Å². The van der Waals surface area contributed by atoms with Gasteiger partial charge in [-0.2, -0.15) is 11.8 Å². The van der Waals surface area contributed by atoms with Crippen LogP contribution in [0.1, 0.15) is 39.0 Å². The molecule has 2 heteroatoms. The first-order chi connectivity index (χ1) is 5.70. The van der Waals surface area contributed by atoms with Crippen LogP contribution in [0.15, 0.2) is 0 Å². The van der Waals surface area contributed by atoms with E-state index in [2.05, 4.69) is 18.7 Å². The SMILES string of the molecule is CC1CCC2(CC1)CC(N)CS2. The third kappa shape index (κ3) is 1.64. The molecule has 0 aromatic carbocycles. The van der Waals surface area contributed by atoms with Gasteiger partial charge in [-0.3, -0.25) is 0 Å². The first-order valence-electron chi connectivity index (χ1n) is 5.10. The average Bonchev–Trinajstić information content (AvgIpc) is 2.40. The number of thioether (sulfide) groups is 1. The summed E-state index contributed by atoms with van der Waals surface area (Å²) in [4.78, 5) is 0. The van der Waals surface area contributed by atoms with Gasteiger partial charge in [0, 0.05) is 16.5 Å². The molecule has 2 aliphatic rings. The van der Waals surface area contributed by atoms with Crippen molar-refractivity contribution < 1.29 is 0 Å². The third-order valence-corrected chi connectivity index (χ3v) is 5.21. The number of hydrogen-bond acceptors (Lipinski definition) is 2. The summed E-state index contributed by atoms with van der Waals surface area (Å²) in [5.74, 6) is 2.17. The van der Waals surface area contributed by atoms with Gasteiger partial charge in [-0.25, -0.2) is 0 Å². The maximum absolute atomic E-state index is 5.95. The summed E-state index contributed by atoms with van der Waals surface area (Å²) in [5, 5.41) is 0. The molecule has 1 aliphatic carbocycles. The van der Waals surface area contributed by atoms with Crippen molar-refractivity contribution in [2.45, 2.75) is 49.8 Å². The molecule has 1 atom stereocenters. The fourth-order valence-electron chi connectivity index (χ4n) is 2.52. The molecule has 0 bridgehead atoms. The molecule has 0 aromatic rings. The van der Waals surface area contributed by atoms with Crippen molar-refractivity contribution in [1.29, 1.82) is 0 Å². The zero-order valence-electron chi connectivity index (χ0n) is 7.88. The molecule has 2 fully saturated rings. The largest absolute Gasteiger partial charge is 0.327 e. The van der Waals surface area contributed by atoms with Crippen molar-refractivity contribution in [3.63, 3.8) is 0 Å². The first-order valence-corrected chi connectivity index (χ1v) is 6.08. The smallest absolute Gasteiger partial charge is 0.0175 e. The lowest BCUT2D eigenvalue weighted by molar-refractivity contribution is 0.308. The minimum atomic E-state index is 0.489.